The molecule has 6 nitrogen and oxygen atoms in total. The van der Waals surface area contributed by atoms with Gasteiger partial charge in [0.05, 0.1) is 17.5 Å². The molecule has 2 aromatic carbocycles. The molecule has 1 unspecified atom stereocenters. The number of benzene rings is 2. The lowest BCUT2D eigenvalue weighted by Gasteiger charge is -2.37. The largest absolute Gasteiger partial charge is 0.382 e. The van der Waals surface area contributed by atoms with Crippen LogP contribution < -0.4 is 0 Å². The van der Waals surface area contributed by atoms with Gasteiger partial charge in [0.15, 0.2) is 0 Å². The Morgan fingerprint density at radius 3 is 2.56 bits per heavy atom. The molecule has 1 aliphatic heterocycles. The number of carbonyl (C=O) groups excluding carboxylic acids is 1. The number of halogens is 1. The summed E-state index contributed by atoms with van der Waals surface area (Å²) in [6.45, 7) is 5.39. The molecule has 1 atom stereocenters. The quantitative estimate of drug-likeness (QED) is 0.324. The second kappa shape index (κ2) is 11.9. The highest BCUT2D eigenvalue weighted by Gasteiger charge is 2.35. The number of fused-ring (bicyclic) bond motifs is 1. The Morgan fingerprint density at radius 2 is 1.86 bits per heavy atom. The van der Waals surface area contributed by atoms with Gasteiger partial charge in [0.1, 0.15) is 0 Å². The molecule has 0 bridgehead atoms. The molecule has 0 radical (unpaired) electrons. The first-order valence-electron chi connectivity index (χ1n) is 12.1. The lowest BCUT2D eigenvalue weighted by molar-refractivity contribution is -0.133. The monoisotopic (exact) mass is 546 g/mol. The summed E-state index contributed by atoms with van der Waals surface area (Å²) in [5, 5.41) is 2.51. The Bertz CT molecular complexity index is 1270. The Morgan fingerprint density at radius 1 is 1.14 bits per heavy atom. The van der Waals surface area contributed by atoms with Gasteiger partial charge in [-0.3, -0.25) is 4.79 Å². The first kappa shape index (κ1) is 26.8. The standard InChI is InChI=1S/C27H31ClN2O4S2/c1-3-34-17-4-15-29(36(32,33)23-11-9-22(28)10-12-23)19-26(31)30-16-13-25-24(14-18-35-25)27(30)21-7-5-20(2)6-8-21/h5-12,14,18,27H,3-4,13,15-17,19H2,1-2H3. The summed E-state index contributed by atoms with van der Waals surface area (Å²) in [6, 6.07) is 16.1. The van der Waals surface area contributed by atoms with Crippen molar-refractivity contribution in [2.75, 3.05) is 32.8 Å². The van der Waals surface area contributed by atoms with Crippen molar-refractivity contribution in [3.8, 4) is 0 Å². The topological polar surface area (TPSA) is 66.9 Å². The fourth-order valence-corrected chi connectivity index (χ4v) is 6.92. The van der Waals surface area contributed by atoms with Gasteiger partial charge in [0, 0.05) is 36.2 Å². The van der Waals surface area contributed by atoms with Gasteiger partial charge >= 0.3 is 0 Å². The highest BCUT2D eigenvalue weighted by molar-refractivity contribution is 7.89. The third kappa shape index (κ3) is 6.01. The minimum atomic E-state index is -3.90. The van der Waals surface area contributed by atoms with E-state index >= 15 is 0 Å². The van der Waals surface area contributed by atoms with E-state index in [0.29, 0.717) is 31.2 Å². The highest BCUT2D eigenvalue weighted by Crippen LogP contribution is 2.38. The Balaban J connectivity index is 1.62. The third-order valence-electron chi connectivity index (χ3n) is 6.34. The van der Waals surface area contributed by atoms with Gasteiger partial charge in [-0.1, -0.05) is 41.4 Å². The first-order valence-corrected chi connectivity index (χ1v) is 14.8. The zero-order valence-corrected chi connectivity index (χ0v) is 22.9. The van der Waals surface area contributed by atoms with E-state index in [1.54, 1.807) is 23.5 Å². The van der Waals surface area contributed by atoms with E-state index in [1.807, 2.05) is 30.9 Å². The summed E-state index contributed by atoms with van der Waals surface area (Å²) < 4.78 is 33.8. The maximum Gasteiger partial charge on any atom is 0.243 e. The van der Waals surface area contributed by atoms with Gasteiger partial charge in [0.25, 0.3) is 0 Å². The van der Waals surface area contributed by atoms with Crippen LogP contribution >= 0.6 is 22.9 Å². The number of nitrogens with zero attached hydrogens (tertiary/aromatic N) is 2. The van der Waals surface area contributed by atoms with Gasteiger partial charge < -0.3 is 9.64 Å². The molecule has 2 heterocycles. The fourth-order valence-electron chi connectivity index (χ4n) is 4.46. The van der Waals surface area contributed by atoms with E-state index in [2.05, 4.69) is 23.6 Å². The van der Waals surface area contributed by atoms with Crippen LogP contribution in [0.5, 0.6) is 0 Å². The van der Waals surface area contributed by atoms with Crippen LogP contribution in [0.1, 0.15) is 41.0 Å². The van der Waals surface area contributed by atoms with Crippen LogP contribution in [0, 0.1) is 6.92 Å². The molecule has 192 valence electrons. The van der Waals surface area contributed by atoms with E-state index < -0.39 is 10.0 Å². The summed E-state index contributed by atoms with van der Waals surface area (Å²) >= 11 is 7.68. The number of rotatable bonds is 10. The van der Waals surface area contributed by atoms with Crippen LogP contribution in [-0.4, -0.2) is 56.4 Å². The average molecular weight is 547 g/mol. The molecular weight excluding hydrogens is 516 g/mol. The summed E-state index contributed by atoms with van der Waals surface area (Å²) in [7, 11) is -3.90. The molecule has 0 fully saturated rings. The number of ether oxygens (including phenoxy) is 1. The third-order valence-corrected chi connectivity index (χ3v) is 9.45. The van der Waals surface area contributed by atoms with Crippen molar-refractivity contribution in [3.63, 3.8) is 0 Å². The van der Waals surface area contributed by atoms with E-state index in [1.165, 1.54) is 21.3 Å². The van der Waals surface area contributed by atoms with Gasteiger partial charge in [-0.25, -0.2) is 8.42 Å². The highest BCUT2D eigenvalue weighted by atomic mass is 35.5. The molecule has 0 N–H and O–H groups in total. The number of carbonyl (C=O) groups is 1. The molecule has 4 rings (SSSR count). The minimum Gasteiger partial charge on any atom is -0.382 e. The van der Waals surface area contributed by atoms with E-state index in [-0.39, 0.29) is 29.9 Å². The number of hydrogen-bond donors (Lipinski definition) is 0. The van der Waals surface area contributed by atoms with Crippen molar-refractivity contribution in [2.24, 2.45) is 0 Å². The van der Waals surface area contributed by atoms with Crippen molar-refractivity contribution >= 4 is 38.9 Å². The average Bonchev–Trinajstić information content (AvgIpc) is 3.35. The van der Waals surface area contributed by atoms with Crippen molar-refractivity contribution in [3.05, 3.63) is 86.6 Å². The van der Waals surface area contributed by atoms with Gasteiger partial charge in [-0.05, 0) is 73.5 Å². The van der Waals surface area contributed by atoms with Crippen LogP contribution in [-0.2, 0) is 26.0 Å². The maximum atomic E-state index is 13.8. The fraction of sp³-hybridized carbons (Fsp3) is 0.370. The number of amides is 1. The number of aryl methyl sites for hydroxylation is 1. The van der Waals surface area contributed by atoms with E-state index in [9.17, 15) is 13.2 Å². The molecule has 36 heavy (non-hydrogen) atoms. The number of thiophene rings is 1. The smallest absolute Gasteiger partial charge is 0.243 e. The second-order valence-electron chi connectivity index (χ2n) is 8.79. The van der Waals surface area contributed by atoms with Crippen molar-refractivity contribution in [1.29, 1.82) is 0 Å². The molecule has 3 aromatic rings. The van der Waals surface area contributed by atoms with Crippen molar-refractivity contribution < 1.29 is 17.9 Å². The summed E-state index contributed by atoms with van der Waals surface area (Å²) in [6.07, 6.45) is 1.25. The molecule has 0 saturated heterocycles. The van der Waals surface area contributed by atoms with Crippen LogP contribution in [0.3, 0.4) is 0 Å². The van der Waals surface area contributed by atoms with Crippen LogP contribution in [0.15, 0.2) is 64.9 Å². The second-order valence-corrected chi connectivity index (χ2v) is 12.2. The maximum absolute atomic E-state index is 13.8. The predicted octanol–water partition coefficient (Wildman–Crippen LogP) is 5.30. The lowest BCUT2D eigenvalue weighted by Crippen LogP contribution is -2.47. The summed E-state index contributed by atoms with van der Waals surface area (Å²) in [5.41, 5.74) is 3.29. The van der Waals surface area contributed by atoms with E-state index in [0.717, 1.165) is 23.1 Å². The SMILES string of the molecule is CCOCCCN(CC(=O)N1CCc2sccc2C1c1ccc(C)cc1)S(=O)(=O)c1ccc(Cl)cc1. The Labute approximate surface area is 222 Å². The molecule has 0 saturated carbocycles. The van der Waals surface area contributed by atoms with Gasteiger partial charge in [0.2, 0.25) is 15.9 Å². The predicted molar refractivity (Wildman–Crippen MR) is 144 cm³/mol. The molecule has 1 amide bonds. The van der Waals surface area contributed by atoms with Crippen LogP contribution in [0.25, 0.3) is 0 Å². The minimum absolute atomic E-state index is 0.116. The number of hydrogen-bond acceptors (Lipinski definition) is 5. The molecule has 0 aliphatic carbocycles. The van der Waals surface area contributed by atoms with Gasteiger partial charge in [-0.2, -0.15) is 4.31 Å². The Kier molecular flexibility index (Phi) is 8.85. The van der Waals surface area contributed by atoms with Crippen molar-refractivity contribution in [1.82, 2.24) is 9.21 Å². The molecule has 9 heteroatoms. The molecule has 1 aromatic heterocycles. The number of sulfonamides is 1. The van der Waals surface area contributed by atoms with Crippen molar-refractivity contribution in [2.45, 2.75) is 37.6 Å². The Hall–Kier alpha value is -2.23. The molecule has 0 spiro atoms. The lowest BCUT2D eigenvalue weighted by atomic mass is 9.92. The summed E-state index contributed by atoms with van der Waals surface area (Å²) in [5.74, 6) is -0.216. The molecular formula is C27H31ClN2O4S2. The molecule has 1 aliphatic rings. The van der Waals surface area contributed by atoms with E-state index in [4.69, 9.17) is 16.3 Å². The van der Waals surface area contributed by atoms with Crippen LogP contribution in [0.4, 0.5) is 0 Å². The van der Waals surface area contributed by atoms with Gasteiger partial charge in [-0.15, -0.1) is 11.3 Å². The van der Waals surface area contributed by atoms with Crippen LogP contribution in [0.2, 0.25) is 5.02 Å². The summed E-state index contributed by atoms with van der Waals surface area (Å²) in [4.78, 5) is 17.0. The zero-order valence-electron chi connectivity index (χ0n) is 20.5. The zero-order chi connectivity index (χ0) is 25.7. The first-order chi connectivity index (χ1) is 17.3. The normalized spacial score (nSPS) is 15.8.